The predicted molar refractivity (Wildman–Crippen MR) is 112 cm³/mol. The van der Waals surface area contributed by atoms with Crippen molar-refractivity contribution in [2.75, 3.05) is 10.6 Å². The normalized spacial score (nSPS) is 10.8. The van der Waals surface area contributed by atoms with E-state index in [9.17, 15) is 9.59 Å². The lowest BCUT2D eigenvalue weighted by atomic mass is 10.1. The van der Waals surface area contributed by atoms with Gasteiger partial charge in [0.15, 0.2) is 4.96 Å². The monoisotopic (exact) mass is 390 g/mol. The minimum Gasteiger partial charge on any atom is -0.326 e. The van der Waals surface area contributed by atoms with E-state index in [0.717, 1.165) is 16.2 Å². The van der Waals surface area contributed by atoms with Crippen molar-refractivity contribution in [1.82, 2.24) is 9.38 Å². The van der Waals surface area contributed by atoms with Crippen molar-refractivity contribution < 1.29 is 9.59 Å². The number of rotatable bonds is 4. The summed E-state index contributed by atoms with van der Waals surface area (Å²) >= 11 is 1.64. The van der Waals surface area contributed by atoms with Gasteiger partial charge in [-0.15, -0.1) is 11.3 Å². The molecule has 0 aliphatic heterocycles. The molecule has 0 radical (unpaired) electrons. The van der Waals surface area contributed by atoms with Gasteiger partial charge in [-0.3, -0.25) is 14.0 Å². The van der Waals surface area contributed by atoms with Crippen LogP contribution in [0.3, 0.4) is 0 Å². The fraction of sp³-hybridized carbons (Fsp3) is 0.0952. The Morgan fingerprint density at radius 2 is 1.75 bits per heavy atom. The zero-order chi connectivity index (χ0) is 19.7. The maximum absolute atomic E-state index is 12.6. The van der Waals surface area contributed by atoms with Gasteiger partial charge in [0.25, 0.3) is 5.91 Å². The van der Waals surface area contributed by atoms with Gasteiger partial charge in [-0.05, 0) is 37.3 Å². The molecular weight excluding hydrogens is 372 g/mol. The molecule has 0 bridgehead atoms. The number of carbonyl (C=O) groups excluding carboxylic acids is 2. The maximum atomic E-state index is 12.6. The SMILES string of the molecule is CC(=O)Nc1cccc(C(=O)Nc2cccc(-c3cn4cc(C)sc4n3)c2)c1. The van der Waals surface area contributed by atoms with Crippen LogP contribution < -0.4 is 10.6 Å². The van der Waals surface area contributed by atoms with E-state index in [1.165, 1.54) is 11.8 Å². The minimum absolute atomic E-state index is 0.180. The molecule has 0 unspecified atom stereocenters. The number of anilines is 2. The molecule has 0 aliphatic rings. The minimum atomic E-state index is -0.245. The standard InChI is InChI=1S/C21H18N4O2S/c1-13-11-25-12-19(24-21(25)28-13)15-5-3-8-18(9-15)23-20(27)16-6-4-7-17(10-16)22-14(2)26/h3-12H,1-2H3,(H,22,26)(H,23,27). The molecule has 0 fully saturated rings. The number of nitrogens with zero attached hydrogens (tertiary/aromatic N) is 2. The summed E-state index contributed by atoms with van der Waals surface area (Å²) in [4.78, 5) is 30.6. The first kappa shape index (κ1) is 17.9. The van der Waals surface area contributed by atoms with Crippen LogP contribution in [0.4, 0.5) is 11.4 Å². The summed E-state index contributed by atoms with van der Waals surface area (Å²) in [5.74, 6) is -0.425. The summed E-state index contributed by atoms with van der Waals surface area (Å²) < 4.78 is 2.01. The number of thiazole rings is 1. The van der Waals surface area contributed by atoms with Gasteiger partial charge in [-0.2, -0.15) is 0 Å². The number of carbonyl (C=O) groups is 2. The van der Waals surface area contributed by atoms with Crippen LogP contribution in [0.15, 0.2) is 60.9 Å². The lowest BCUT2D eigenvalue weighted by molar-refractivity contribution is -0.114. The van der Waals surface area contributed by atoms with Gasteiger partial charge in [-0.1, -0.05) is 18.2 Å². The van der Waals surface area contributed by atoms with Gasteiger partial charge in [0, 0.05) is 46.7 Å². The van der Waals surface area contributed by atoms with E-state index in [2.05, 4.69) is 22.5 Å². The number of nitrogens with one attached hydrogen (secondary N) is 2. The Labute approximate surface area is 165 Å². The molecule has 2 N–H and O–H groups in total. The lowest BCUT2D eigenvalue weighted by Crippen LogP contribution is -2.13. The maximum Gasteiger partial charge on any atom is 0.255 e. The molecule has 7 heteroatoms. The van der Waals surface area contributed by atoms with Crippen LogP contribution in [-0.4, -0.2) is 21.2 Å². The Bertz CT molecular complexity index is 1160. The molecule has 2 aromatic carbocycles. The van der Waals surface area contributed by atoms with E-state index in [4.69, 9.17) is 0 Å². The first-order valence-electron chi connectivity index (χ1n) is 8.72. The van der Waals surface area contributed by atoms with Gasteiger partial charge in [0.2, 0.25) is 5.91 Å². The summed E-state index contributed by atoms with van der Waals surface area (Å²) in [7, 11) is 0. The largest absolute Gasteiger partial charge is 0.326 e. The van der Waals surface area contributed by atoms with Crippen molar-refractivity contribution in [3.05, 3.63) is 71.4 Å². The smallest absolute Gasteiger partial charge is 0.255 e. The zero-order valence-corrected chi connectivity index (χ0v) is 16.2. The lowest BCUT2D eigenvalue weighted by Gasteiger charge is -2.08. The van der Waals surface area contributed by atoms with Gasteiger partial charge >= 0.3 is 0 Å². The van der Waals surface area contributed by atoms with E-state index >= 15 is 0 Å². The highest BCUT2D eigenvalue weighted by atomic mass is 32.1. The second-order valence-electron chi connectivity index (χ2n) is 6.45. The van der Waals surface area contributed by atoms with E-state index in [-0.39, 0.29) is 11.8 Å². The molecule has 6 nitrogen and oxygen atoms in total. The molecule has 2 heterocycles. The fourth-order valence-electron chi connectivity index (χ4n) is 2.95. The molecule has 4 aromatic rings. The summed E-state index contributed by atoms with van der Waals surface area (Å²) in [5, 5.41) is 5.58. The van der Waals surface area contributed by atoms with Crippen molar-refractivity contribution in [1.29, 1.82) is 0 Å². The molecule has 0 saturated heterocycles. The van der Waals surface area contributed by atoms with Crippen LogP contribution in [0.5, 0.6) is 0 Å². The summed E-state index contributed by atoms with van der Waals surface area (Å²) in [6.45, 7) is 3.48. The van der Waals surface area contributed by atoms with Crippen molar-refractivity contribution in [3.8, 4) is 11.3 Å². The van der Waals surface area contributed by atoms with Crippen LogP contribution in [-0.2, 0) is 4.79 Å². The number of aryl methyl sites for hydroxylation is 1. The Hall–Kier alpha value is -3.45. The Balaban J connectivity index is 1.55. The molecule has 0 saturated carbocycles. The van der Waals surface area contributed by atoms with E-state index in [0.29, 0.717) is 16.9 Å². The molecule has 2 amide bonds. The second kappa shape index (κ2) is 7.28. The quantitative estimate of drug-likeness (QED) is 0.535. The highest BCUT2D eigenvalue weighted by Gasteiger charge is 2.10. The van der Waals surface area contributed by atoms with E-state index in [1.807, 2.05) is 41.1 Å². The summed E-state index contributed by atoms with van der Waals surface area (Å²) in [6, 6.07) is 14.4. The number of hydrogen-bond donors (Lipinski definition) is 2. The second-order valence-corrected chi connectivity index (χ2v) is 7.67. The van der Waals surface area contributed by atoms with Crippen molar-refractivity contribution in [3.63, 3.8) is 0 Å². The molecule has 28 heavy (non-hydrogen) atoms. The first-order chi connectivity index (χ1) is 13.5. The number of aromatic nitrogens is 2. The van der Waals surface area contributed by atoms with E-state index in [1.54, 1.807) is 35.6 Å². The first-order valence-corrected chi connectivity index (χ1v) is 9.54. The number of benzene rings is 2. The Kier molecular flexibility index (Phi) is 4.67. The molecule has 0 aliphatic carbocycles. The highest BCUT2D eigenvalue weighted by Crippen LogP contribution is 2.25. The number of amides is 2. The van der Waals surface area contributed by atoms with Gasteiger partial charge in [-0.25, -0.2) is 4.98 Å². The third kappa shape index (κ3) is 3.79. The topological polar surface area (TPSA) is 75.5 Å². The fourth-order valence-corrected chi connectivity index (χ4v) is 3.76. The Morgan fingerprint density at radius 1 is 1.00 bits per heavy atom. The van der Waals surface area contributed by atoms with E-state index < -0.39 is 0 Å². The Morgan fingerprint density at radius 3 is 2.50 bits per heavy atom. The average Bonchev–Trinajstić information content (AvgIpc) is 3.19. The molecule has 4 rings (SSSR count). The predicted octanol–water partition coefficient (Wildman–Crippen LogP) is 4.58. The van der Waals surface area contributed by atoms with Crippen molar-refractivity contribution >= 4 is 39.5 Å². The van der Waals surface area contributed by atoms with Gasteiger partial charge in [0.1, 0.15) is 0 Å². The average molecular weight is 390 g/mol. The molecular formula is C21H18N4O2S. The van der Waals surface area contributed by atoms with Gasteiger partial charge < -0.3 is 10.6 Å². The van der Waals surface area contributed by atoms with Crippen LogP contribution in [0.25, 0.3) is 16.2 Å². The van der Waals surface area contributed by atoms with Crippen molar-refractivity contribution in [2.45, 2.75) is 13.8 Å². The third-order valence-corrected chi connectivity index (χ3v) is 5.04. The molecule has 0 atom stereocenters. The molecule has 140 valence electrons. The molecule has 2 aromatic heterocycles. The van der Waals surface area contributed by atoms with Crippen molar-refractivity contribution in [2.24, 2.45) is 0 Å². The third-order valence-electron chi connectivity index (χ3n) is 4.13. The number of fused-ring (bicyclic) bond motifs is 1. The van der Waals surface area contributed by atoms with Crippen LogP contribution >= 0.6 is 11.3 Å². The highest BCUT2D eigenvalue weighted by molar-refractivity contribution is 7.17. The van der Waals surface area contributed by atoms with Crippen LogP contribution in [0.1, 0.15) is 22.2 Å². The van der Waals surface area contributed by atoms with Gasteiger partial charge in [0.05, 0.1) is 5.69 Å². The summed E-state index contributed by atoms with van der Waals surface area (Å²) in [6.07, 6.45) is 4.03. The number of hydrogen-bond acceptors (Lipinski definition) is 4. The van der Waals surface area contributed by atoms with Crippen LogP contribution in [0.2, 0.25) is 0 Å². The zero-order valence-electron chi connectivity index (χ0n) is 15.4. The van der Waals surface area contributed by atoms with Crippen LogP contribution in [0, 0.1) is 6.92 Å². The number of imidazole rings is 1. The summed E-state index contributed by atoms with van der Waals surface area (Å²) in [5.41, 5.74) is 3.52. The molecule has 0 spiro atoms.